The Hall–Kier alpha value is -2.29. The molecular weight excluding hydrogens is 340 g/mol. The standard InChI is InChI=1S/C17H20N4O3S/c1-21-6-5-10-3-4-11(7-12(10)16(21)23)14-9-25-17(19-14)20-15(22)13(18)8-24-2/h3-4,7,9,13H,5-6,8,18H2,1-2H3,(H,19,20,22)/t13-/m0/s1. The molecule has 0 aliphatic carbocycles. The van der Waals surface area contributed by atoms with Gasteiger partial charge in [0.15, 0.2) is 5.13 Å². The number of carbonyl (C=O) groups excluding carboxylic acids is 2. The summed E-state index contributed by atoms with van der Waals surface area (Å²) in [5, 5.41) is 4.99. The van der Waals surface area contributed by atoms with Crippen molar-refractivity contribution in [3.63, 3.8) is 0 Å². The Bertz CT molecular complexity index is 805. The minimum Gasteiger partial charge on any atom is -0.383 e. The van der Waals surface area contributed by atoms with E-state index in [1.165, 1.54) is 18.4 Å². The summed E-state index contributed by atoms with van der Waals surface area (Å²) in [4.78, 5) is 30.4. The third-order valence-corrected chi connectivity index (χ3v) is 4.87. The third-order valence-electron chi connectivity index (χ3n) is 4.12. The molecule has 1 aromatic carbocycles. The van der Waals surface area contributed by atoms with Crippen molar-refractivity contribution in [3.05, 3.63) is 34.7 Å². The van der Waals surface area contributed by atoms with Crippen LogP contribution >= 0.6 is 11.3 Å². The second-order valence-corrected chi connectivity index (χ2v) is 6.80. The SMILES string of the molecule is COC[C@H](N)C(=O)Nc1nc(-c2ccc3c(c2)C(=O)N(C)CC3)cs1. The number of anilines is 1. The summed E-state index contributed by atoms with van der Waals surface area (Å²) in [6.45, 7) is 0.879. The molecule has 1 aromatic heterocycles. The lowest BCUT2D eigenvalue weighted by atomic mass is 9.96. The van der Waals surface area contributed by atoms with Gasteiger partial charge in [0.1, 0.15) is 6.04 Å². The van der Waals surface area contributed by atoms with E-state index >= 15 is 0 Å². The molecule has 8 heteroatoms. The number of nitrogens with two attached hydrogens (primary N) is 1. The largest absolute Gasteiger partial charge is 0.383 e. The number of aromatic nitrogens is 1. The van der Waals surface area contributed by atoms with Crippen LogP contribution in [-0.4, -0.2) is 55.0 Å². The molecule has 2 heterocycles. The van der Waals surface area contributed by atoms with Crippen LogP contribution in [0.4, 0.5) is 5.13 Å². The number of hydrogen-bond acceptors (Lipinski definition) is 6. The zero-order chi connectivity index (χ0) is 18.0. The minimum absolute atomic E-state index is 0.0254. The summed E-state index contributed by atoms with van der Waals surface area (Å²) in [6, 6.07) is 5.05. The highest BCUT2D eigenvalue weighted by Crippen LogP contribution is 2.28. The number of amides is 2. The third kappa shape index (κ3) is 3.71. The van der Waals surface area contributed by atoms with Crippen molar-refractivity contribution in [1.29, 1.82) is 0 Å². The molecule has 1 atom stereocenters. The molecule has 0 fully saturated rings. The van der Waals surface area contributed by atoms with E-state index in [1.54, 1.807) is 11.9 Å². The number of rotatable bonds is 5. The Morgan fingerprint density at radius 3 is 3.08 bits per heavy atom. The Kier molecular flexibility index (Phi) is 5.12. The molecular formula is C17H20N4O3S. The van der Waals surface area contributed by atoms with Crippen molar-refractivity contribution < 1.29 is 14.3 Å². The summed E-state index contributed by atoms with van der Waals surface area (Å²) < 4.78 is 4.87. The zero-order valence-electron chi connectivity index (χ0n) is 14.1. The van der Waals surface area contributed by atoms with E-state index in [4.69, 9.17) is 10.5 Å². The van der Waals surface area contributed by atoms with Gasteiger partial charge in [-0.25, -0.2) is 4.98 Å². The molecule has 2 aromatic rings. The predicted octanol–water partition coefficient (Wildman–Crippen LogP) is 1.35. The van der Waals surface area contributed by atoms with Gasteiger partial charge < -0.3 is 20.7 Å². The van der Waals surface area contributed by atoms with Gasteiger partial charge in [-0.15, -0.1) is 11.3 Å². The van der Waals surface area contributed by atoms with Crippen LogP contribution in [0.3, 0.4) is 0 Å². The number of methoxy groups -OCH3 is 1. The van der Waals surface area contributed by atoms with Crippen LogP contribution in [-0.2, 0) is 16.0 Å². The average Bonchev–Trinajstić information content (AvgIpc) is 3.06. The molecule has 0 spiro atoms. The number of ether oxygens (including phenoxy) is 1. The first-order chi connectivity index (χ1) is 12.0. The van der Waals surface area contributed by atoms with Crippen molar-refractivity contribution in [2.75, 3.05) is 32.6 Å². The van der Waals surface area contributed by atoms with Crippen LogP contribution in [0, 0.1) is 0 Å². The van der Waals surface area contributed by atoms with Gasteiger partial charge in [0.05, 0.1) is 12.3 Å². The van der Waals surface area contributed by atoms with Crippen molar-refractivity contribution in [1.82, 2.24) is 9.88 Å². The fourth-order valence-electron chi connectivity index (χ4n) is 2.67. The minimum atomic E-state index is -0.741. The summed E-state index contributed by atoms with van der Waals surface area (Å²) in [5.41, 5.74) is 9.03. The molecule has 132 valence electrons. The van der Waals surface area contributed by atoms with Gasteiger partial charge in [0, 0.05) is 37.2 Å². The van der Waals surface area contributed by atoms with Gasteiger partial charge in [-0.05, 0) is 18.1 Å². The van der Waals surface area contributed by atoms with E-state index in [2.05, 4.69) is 10.3 Å². The number of benzene rings is 1. The van der Waals surface area contributed by atoms with Gasteiger partial charge in [-0.2, -0.15) is 0 Å². The van der Waals surface area contributed by atoms with Crippen molar-refractivity contribution >= 4 is 28.3 Å². The highest BCUT2D eigenvalue weighted by atomic mass is 32.1. The maximum Gasteiger partial charge on any atom is 0.253 e. The van der Waals surface area contributed by atoms with Crippen LogP contribution in [0.15, 0.2) is 23.6 Å². The van der Waals surface area contributed by atoms with Crippen LogP contribution in [0.25, 0.3) is 11.3 Å². The monoisotopic (exact) mass is 360 g/mol. The van der Waals surface area contributed by atoms with E-state index in [0.29, 0.717) is 16.4 Å². The van der Waals surface area contributed by atoms with Crippen molar-refractivity contribution in [3.8, 4) is 11.3 Å². The van der Waals surface area contributed by atoms with Crippen molar-refractivity contribution in [2.24, 2.45) is 5.73 Å². The number of nitrogens with zero attached hydrogens (tertiary/aromatic N) is 2. The Labute approximate surface area is 149 Å². The molecule has 1 aliphatic rings. The first kappa shape index (κ1) is 17.5. The topological polar surface area (TPSA) is 97.5 Å². The number of likely N-dealkylation sites (N-methyl/N-ethyl adjacent to an activating group) is 1. The lowest BCUT2D eigenvalue weighted by Gasteiger charge is -2.25. The molecule has 0 unspecified atom stereocenters. The molecule has 1 aliphatic heterocycles. The molecule has 0 saturated carbocycles. The van der Waals surface area contributed by atoms with Gasteiger partial charge in [0.2, 0.25) is 5.91 Å². The van der Waals surface area contributed by atoms with E-state index in [0.717, 1.165) is 24.1 Å². The lowest BCUT2D eigenvalue weighted by molar-refractivity contribution is -0.118. The van der Waals surface area contributed by atoms with E-state index in [1.807, 2.05) is 23.6 Å². The number of nitrogens with one attached hydrogen (secondary N) is 1. The Morgan fingerprint density at radius 2 is 2.32 bits per heavy atom. The molecule has 25 heavy (non-hydrogen) atoms. The van der Waals surface area contributed by atoms with E-state index in [9.17, 15) is 9.59 Å². The predicted molar refractivity (Wildman–Crippen MR) is 96.7 cm³/mol. The summed E-state index contributed by atoms with van der Waals surface area (Å²) in [6.07, 6.45) is 0.855. The average molecular weight is 360 g/mol. The molecule has 3 N–H and O–H groups in total. The molecule has 7 nitrogen and oxygen atoms in total. The van der Waals surface area contributed by atoms with Crippen LogP contribution in [0.1, 0.15) is 15.9 Å². The first-order valence-corrected chi connectivity index (χ1v) is 8.77. The second kappa shape index (κ2) is 7.30. The maximum atomic E-state index is 12.3. The normalized spacial score (nSPS) is 15.0. The number of fused-ring (bicyclic) bond motifs is 1. The summed E-state index contributed by atoms with van der Waals surface area (Å²) in [5.74, 6) is -0.317. The second-order valence-electron chi connectivity index (χ2n) is 5.94. The molecule has 0 saturated heterocycles. The van der Waals surface area contributed by atoms with Crippen molar-refractivity contribution in [2.45, 2.75) is 12.5 Å². The molecule has 3 rings (SSSR count). The Morgan fingerprint density at radius 1 is 1.52 bits per heavy atom. The quantitative estimate of drug-likeness (QED) is 0.839. The number of hydrogen-bond donors (Lipinski definition) is 2. The molecule has 0 bridgehead atoms. The lowest BCUT2D eigenvalue weighted by Crippen LogP contribution is -2.39. The van der Waals surface area contributed by atoms with E-state index < -0.39 is 6.04 Å². The summed E-state index contributed by atoms with van der Waals surface area (Å²) >= 11 is 1.31. The van der Waals surface area contributed by atoms with Crippen LogP contribution in [0.5, 0.6) is 0 Å². The highest BCUT2D eigenvalue weighted by molar-refractivity contribution is 7.14. The summed E-state index contributed by atoms with van der Waals surface area (Å²) in [7, 11) is 3.29. The smallest absolute Gasteiger partial charge is 0.253 e. The zero-order valence-corrected chi connectivity index (χ0v) is 14.9. The van der Waals surface area contributed by atoms with Gasteiger partial charge in [-0.3, -0.25) is 9.59 Å². The van der Waals surface area contributed by atoms with Crippen LogP contribution < -0.4 is 11.1 Å². The fraction of sp³-hybridized carbons (Fsp3) is 0.353. The molecule has 2 amide bonds. The highest BCUT2D eigenvalue weighted by Gasteiger charge is 2.22. The van der Waals surface area contributed by atoms with Gasteiger partial charge in [0.25, 0.3) is 5.91 Å². The molecule has 0 radical (unpaired) electrons. The first-order valence-electron chi connectivity index (χ1n) is 7.89. The number of thiazole rings is 1. The van der Waals surface area contributed by atoms with Crippen LogP contribution in [0.2, 0.25) is 0 Å². The fourth-order valence-corrected chi connectivity index (χ4v) is 3.39. The van der Waals surface area contributed by atoms with Gasteiger partial charge >= 0.3 is 0 Å². The van der Waals surface area contributed by atoms with Gasteiger partial charge in [-0.1, -0.05) is 12.1 Å². The maximum absolute atomic E-state index is 12.3. The van der Waals surface area contributed by atoms with E-state index in [-0.39, 0.29) is 18.4 Å². The Balaban J connectivity index is 1.79. The number of carbonyl (C=O) groups is 2.